The Balaban J connectivity index is 2.00. The molecule has 0 saturated carbocycles. The van der Waals surface area contributed by atoms with E-state index in [2.05, 4.69) is 23.5 Å². The second-order valence-corrected chi connectivity index (χ2v) is 5.34. The molecule has 2 aliphatic rings. The van der Waals surface area contributed by atoms with Gasteiger partial charge < -0.3 is 10.1 Å². The van der Waals surface area contributed by atoms with Crippen molar-refractivity contribution in [2.45, 2.75) is 25.3 Å². The van der Waals surface area contributed by atoms with Crippen LogP contribution in [0.4, 0.5) is 5.69 Å². The monoisotopic (exact) mass is 277 g/mol. The lowest BCUT2D eigenvalue weighted by Gasteiger charge is -2.35. The first-order valence-corrected chi connectivity index (χ1v) is 6.98. The number of esters is 1. The number of carbonyl (C=O) groups is 1. The third-order valence-electron chi connectivity index (χ3n) is 3.89. The minimum absolute atomic E-state index is 0.188. The standard InChI is InChI=1S/C15H16ClNO2/c1-2-19-15(18)14-11-6-3-5-9(11)10-7-4-8-12(16)13(10)17-14/h3-5,7-9,11,14,17H,2,6H2,1H3/t9-,11-,14+/m0/s1. The minimum Gasteiger partial charge on any atom is -0.464 e. The van der Waals surface area contributed by atoms with Crippen molar-refractivity contribution in [1.82, 2.24) is 0 Å². The highest BCUT2D eigenvalue weighted by atomic mass is 35.5. The fourth-order valence-electron chi connectivity index (χ4n) is 3.05. The highest BCUT2D eigenvalue weighted by Crippen LogP contribution is 2.46. The van der Waals surface area contributed by atoms with E-state index in [0.29, 0.717) is 11.6 Å². The molecule has 0 amide bonds. The zero-order chi connectivity index (χ0) is 13.4. The quantitative estimate of drug-likeness (QED) is 0.665. The topological polar surface area (TPSA) is 38.3 Å². The molecule has 1 aliphatic heterocycles. The molecule has 1 aromatic carbocycles. The lowest BCUT2D eigenvalue weighted by molar-refractivity contribution is -0.145. The van der Waals surface area contributed by atoms with Crippen molar-refractivity contribution in [3.05, 3.63) is 40.9 Å². The molecule has 4 heteroatoms. The van der Waals surface area contributed by atoms with Crippen LogP contribution in [0.3, 0.4) is 0 Å². The Morgan fingerprint density at radius 3 is 3.16 bits per heavy atom. The predicted molar refractivity (Wildman–Crippen MR) is 75.5 cm³/mol. The van der Waals surface area contributed by atoms with E-state index in [1.807, 2.05) is 19.1 Å². The molecule has 0 bridgehead atoms. The smallest absolute Gasteiger partial charge is 0.328 e. The van der Waals surface area contributed by atoms with E-state index in [4.69, 9.17) is 16.3 Å². The van der Waals surface area contributed by atoms with Crippen molar-refractivity contribution in [2.24, 2.45) is 5.92 Å². The normalized spacial score (nSPS) is 27.4. The zero-order valence-corrected chi connectivity index (χ0v) is 11.5. The van der Waals surface area contributed by atoms with Gasteiger partial charge in [-0.2, -0.15) is 0 Å². The van der Waals surface area contributed by atoms with Crippen LogP contribution in [0.5, 0.6) is 0 Å². The summed E-state index contributed by atoms with van der Waals surface area (Å²) in [6.07, 6.45) is 5.21. The molecule has 0 spiro atoms. The van der Waals surface area contributed by atoms with Gasteiger partial charge in [-0.25, -0.2) is 4.79 Å². The Labute approximate surface area is 117 Å². The summed E-state index contributed by atoms with van der Waals surface area (Å²) < 4.78 is 5.17. The molecule has 3 nitrogen and oxygen atoms in total. The molecule has 1 aromatic rings. The number of halogens is 1. The summed E-state index contributed by atoms with van der Waals surface area (Å²) in [7, 11) is 0. The van der Waals surface area contributed by atoms with Crippen molar-refractivity contribution in [3.63, 3.8) is 0 Å². The summed E-state index contributed by atoms with van der Waals surface area (Å²) >= 11 is 6.24. The molecular formula is C15H16ClNO2. The Hall–Kier alpha value is -1.48. The van der Waals surface area contributed by atoms with Crippen LogP contribution in [-0.2, 0) is 9.53 Å². The Morgan fingerprint density at radius 1 is 1.53 bits per heavy atom. The van der Waals surface area contributed by atoms with Gasteiger partial charge in [0, 0.05) is 11.8 Å². The second kappa shape index (κ2) is 4.89. The molecule has 1 heterocycles. The lowest BCUT2D eigenvalue weighted by atomic mass is 9.79. The number of para-hydroxylation sites is 1. The van der Waals surface area contributed by atoms with E-state index in [-0.39, 0.29) is 23.8 Å². The van der Waals surface area contributed by atoms with Crippen LogP contribution >= 0.6 is 11.6 Å². The fraction of sp³-hybridized carbons (Fsp3) is 0.400. The van der Waals surface area contributed by atoms with Crippen molar-refractivity contribution < 1.29 is 9.53 Å². The van der Waals surface area contributed by atoms with Gasteiger partial charge in [-0.05, 0) is 25.0 Å². The minimum atomic E-state index is -0.313. The number of allylic oxidation sites excluding steroid dienone is 2. The first-order chi connectivity index (χ1) is 9.22. The second-order valence-electron chi connectivity index (χ2n) is 4.93. The van der Waals surface area contributed by atoms with E-state index < -0.39 is 0 Å². The number of fused-ring (bicyclic) bond motifs is 3. The highest BCUT2D eigenvalue weighted by molar-refractivity contribution is 6.33. The number of nitrogens with one attached hydrogen (secondary N) is 1. The lowest BCUT2D eigenvalue weighted by Crippen LogP contribution is -2.43. The van der Waals surface area contributed by atoms with E-state index in [0.717, 1.165) is 12.1 Å². The summed E-state index contributed by atoms with van der Waals surface area (Å²) in [6.45, 7) is 2.23. The van der Waals surface area contributed by atoms with Gasteiger partial charge in [0.2, 0.25) is 0 Å². The van der Waals surface area contributed by atoms with Crippen LogP contribution in [0.1, 0.15) is 24.8 Å². The van der Waals surface area contributed by atoms with Crippen molar-refractivity contribution in [3.8, 4) is 0 Å². The number of benzene rings is 1. The zero-order valence-electron chi connectivity index (χ0n) is 10.7. The molecule has 0 fully saturated rings. The molecule has 100 valence electrons. The van der Waals surface area contributed by atoms with Crippen LogP contribution in [0.2, 0.25) is 5.02 Å². The summed E-state index contributed by atoms with van der Waals surface area (Å²) in [5, 5.41) is 3.93. The molecule has 1 aliphatic carbocycles. The first kappa shape index (κ1) is 12.5. The van der Waals surface area contributed by atoms with Crippen molar-refractivity contribution in [2.75, 3.05) is 11.9 Å². The van der Waals surface area contributed by atoms with Crippen molar-refractivity contribution >= 4 is 23.3 Å². The van der Waals surface area contributed by atoms with E-state index in [1.165, 1.54) is 5.56 Å². The first-order valence-electron chi connectivity index (χ1n) is 6.60. The van der Waals surface area contributed by atoms with Gasteiger partial charge in [0.1, 0.15) is 6.04 Å². The van der Waals surface area contributed by atoms with Gasteiger partial charge in [-0.15, -0.1) is 0 Å². The molecule has 3 rings (SSSR count). The third kappa shape index (κ3) is 2.02. The predicted octanol–water partition coefficient (Wildman–Crippen LogP) is 3.36. The van der Waals surface area contributed by atoms with E-state index >= 15 is 0 Å². The molecule has 3 atom stereocenters. The Kier molecular flexibility index (Phi) is 3.23. The van der Waals surface area contributed by atoms with Gasteiger partial charge in [0.25, 0.3) is 0 Å². The van der Waals surface area contributed by atoms with Crippen LogP contribution < -0.4 is 5.32 Å². The largest absolute Gasteiger partial charge is 0.464 e. The third-order valence-corrected chi connectivity index (χ3v) is 4.20. The van der Waals surface area contributed by atoms with Crippen LogP contribution in [0.15, 0.2) is 30.4 Å². The van der Waals surface area contributed by atoms with Gasteiger partial charge in [0.05, 0.1) is 17.3 Å². The molecule has 1 N–H and O–H groups in total. The maximum Gasteiger partial charge on any atom is 0.328 e. The maximum absolute atomic E-state index is 12.1. The molecule has 0 saturated heterocycles. The Bertz CT molecular complexity index is 541. The van der Waals surface area contributed by atoms with Crippen molar-refractivity contribution in [1.29, 1.82) is 0 Å². The van der Waals surface area contributed by atoms with Crippen LogP contribution in [0.25, 0.3) is 0 Å². The molecule has 0 aromatic heterocycles. The summed E-state index contributed by atoms with van der Waals surface area (Å²) in [4.78, 5) is 12.1. The van der Waals surface area contributed by atoms with Crippen LogP contribution in [0, 0.1) is 5.92 Å². The number of carbonyl (C=O) groups excluding carboxylic acids is 1. The SMILES string of the molecule is CCOC(=O)[C@@H]1Nc2c(Cl)cccc2[C@@H]2C=CC[C@H]12. The number of rotatable bonds is 2. The van der Waals surface area contributed by atoms with E-state index in [1.54, 1.807) is 0 Å². The molecule has 0 radical (unpaired) electrons. The molecule has 0 unspecified atom stereocenters. The van der Waals surface area contributed by atoms with E-state index in [9.17, 15) is 4.79 Å². The number of hydrogen-bond donors (Lipinski definition) is 1. The fourth-order valence-corrected chi connectivity index (χ4v) is 3.28. The number of hydrogen-bond acceptors (Lipinski definition) is 3. The van der Waals surface area contributed by atoms with Gasteiger partial charge in [-0.3, -0.25) is 0 Å². The maximum atomic E-state index is 12.1. The van der Waals surface area contributed by atoms with Gasteiger partial charge in [-0.1, -0.05) is 35.9 Å². The molecule has 19 heavy (non-hydrogen) atoms. The Morgan fingerprint density at radius 2 is 2.37 bits per heavy atom. The molecular weight excluding hydrogens is 262 g/mol. The average Bonchev–Trinajstić information content (AvgIpc) is 2.88. The van der Waals surface area contributed by atoms with Gasteiger partial charge >= 0.3 is 5.97 Å². The summed E-state index contributed by atoms with van der Waals surface area (Å²) in [5.41, 5.74) is 2.04. The van der Waals surface area contributed by atoms with Crippen LogP contribution in [-0.4, -0.2) is 18.6 Å². The summed E-state index contributed by atoms with van der Waals surface area (Å²) in [5.74, 6) is 0.293. The summed E-state index contributed by atoms with van der Waals surface area (Å²) in [6, 6.07) is 5.56. The number of ether oxygens (including phenoxy) is 1. The van der Waals surface area contributed by atoms with Gasteiger partial charge in [0.15, 0.2) is 0 Å². The average molecular weight is 278 g/mol. The number of anilines is 1. The highest BCUT2D eigenvalue weighted by Gasteiger charge is 2.41.